The molecule has 2 N–H and O–H groups in total. The molecule has 118 valence electrons. The molecular formula is C12H15ClF3N3OS. The zero-order chi connectivity index (χ0) is 14.6. The van der Waals surface area contributed by atoms with Crippen LogP contribution in [0.3, 0.4) is 0 Å². The molecule has 1 amide bonds. The van der Waals surface area contributed by atoms with E-state index in [1.807, 2.05) is 0 Å². The molecule has 1 aromatic heterocycles. The van der Waals surface area contributed by atoms with Gasteiger partial charge in [-0.05, 0) is 38.1 Å². The van der Waals surface area contributed by atoms with Crippen molar-refractivity contribution < 1.29 is 18.0 Å². The van der Waals surface area contributed by atoms with Gasteiger partial charge in [0.2, 0.25) is 0 Å². The molecule has 1 aliphatic rings. The predicted molar refractivity (Wildman–Crippen MR) is 76.8 cm³/mol. The number of alkyl halides is 3. The van der Waals surface area contributed by atoms with Crippen LogP contribution < -0.4 is 10.6 Å². The molecule has 0 atom stereocenters. The maximum Gasteiger partial charge on any atom is 0.447 e. The molecule has 0 bridgehead atoms. The Balaban J connectivity index is 0.00000220. The molecule has 0 unspecified atom stereocenters. The highest BCUT2D eigenvalue weighted by molar-refractivity contribution is 8.00. The largest absolute Gasteiger partial charge is 0.447 e. The van der Waals surface area contributed by atoms with Crippen LogP contribution in [0, 0.1) is 0 Å². The maximum absolute atomic E-state index is 12.4. The molecule has 4 nitrogen and oxygen atoms in total. The quantitative estimate of drug-likeness (QED) is 0.830. The lowest BCUT2D eigenvalue weighted by atomic mass is 10.1. The van der Waals surface area contributed by atoms with E-state index in [2.05, 4.69) is 15.6 Å². The number of piperidine rings is 1. The number of rotatable bonds is 3. The van der Waals surface area contributed by atoms with Gasteiger partial charge in [0.25, 0.3) is 5.91 Å². The average molecular weight is 342 g/mol. The molecule has 1 saturated heterocycles. The number of carbonyl (C=O) groups is 1. The summed E-state index contributed by atoms with van der Waals surface area (Å²) in [5.41, 5.74) is -4.49. The van der Waals surface area contributed by atoms with Crippen molar-refractivity contribution in [2.75, 3.05) is 13.1 Å². The molecule has 0 aromatic carbocycles. The summed E-state index contributed by atoms with van der Waals surface area (Å²) in [7, 11) is 0. The lowest BCUT2D eigenvalue weighted by Gasteiger charge is -2.24. The summed E-state index contributed by atoms with van der Waals surface area (Å²) in [6.07, 6.45) is 2.79. The van der Waals surface area contributed by atoms with Crippen molar-refractivity contribution in [1.29, 1.82) is 0 Å². The predicted octanol–water partition coefficient (Wildman–Crippen LogP) is 2.60. The monoisotopic (exact) mass is 341 g/mol. The minimum Gasteiger partial charge on any atom is -0.349 e. The van der Waals surface area contributed by atoms with Gasteiger partial charge in [0.05, 0.1) is 5.56 Å². The number of nitrogens with zero attached hydrogens (tertiary/aromatic N) is 1. The molecule has 2 heterocycles. The highest BCUT2D eigenvalue weighted by Gasteiger charge is 2.32. The van der Waals surface area contributed by atoms with Crippen LogP contribution in [0.2, 0.25) is 0 Å². The number of aromatic nitrogens is 1. The number of halogens is 4. The van der Waals surface area contributed by atoms with Crippen molar-refractivity contribution in [2.24, 2.45) is 0 Å². The van der Waals surface area contributed by atoms with Crippen LogP contribution in [0.5, 0.6) is 0 Å². The minimum atomic E-state index is -4.46. The van der Waals surface area contributed by atoms with Crippen molar-refractivity contribution >= 4 is 30.1 Å². The number of thioether (sulfide) groups is 1. The Hall–Kier alpha value is -0.990. The molecule has 21 heavy (non-hydrogen) atoms. The Morgan fingerprint density at radius 3 is 2.67 bits per heavy atom. The molecule has 9 heteroatoms. The van der Waals surface area contributed by atoms with Crippen LogP contribution in [0.15, 0.2) is 23.4 Å². The summed E-state index contributed by atoms with van der Waals surface area (Å²) in [5.74, 6) is -0.503. The number of amides is 1. The van der Waals surface area contributed by atoms with Crippen molar-refractivity contribution in [1.82, 2.24) is 15.6 Å². The first kappa shape index (κ1) is 18.1. The first-order valence-electron chi connectivity index (χ1n) is 6.18. The van der Waals surface area contributed by atoms with E-state index >= 15 is 0 Å². The summed E-state index contributed by atoms with van der Waals surface area (Å²) in [6, 6.07) is 2.81. The van der Waals surface area contributed by atoms with Gasteiger partial charge in [0, 0.05) is 24.0 Å². The third-order valence-electron chi connectivity index (χ3n) is 2.90. The van der Waals surface area contributed by atoms with Crippen LogP contribution in [0.25, 0.3) is 0 Å². The molecule has 0 aliphatic carbocycles. The Morgan fingerprint density at radius 1 is 1.38 bits per heavy atom. The van der Waals surface area contributed by atoms with E-state index in [1.54, 1.807) is 0 Å². The standard InChI is InChI=1S/C12H14F3N3OS.ClH/c13-12(14,15)20-11-9(2-1-5-17-11)10(19)18-8-3-6-16-7-4-8;/h1-2,5,8,16H,3-4,6-7H2,(H,18,19);1H. The number of hydrogen-bond donors (Lipinski definition) is 2. The summed E-state index contributed by atoms with van der Waals surface area (Å²) in [6.45, 7) is 1.59. The molecule has 0 spiro atoms. The van der Waals surface area contributed by atoms with Gasteiger partial charge in [-0.25, -0.2) is 4.98 Å². The van der Waals surface area contributed by atoms with Crippen LogP contribution in [0.4, 0.5) is 13.2 Å². The third kappa shape index (κ3) is 5.72. The van der Waals surface area contributed by atoms with Crippen molar-refractivity contribution in [3.63, 3.8) is 0 Å². The summed E-state index contributed by atoms with van der Waals surface area (Å²) in [5, 5.41) is 5.60. The molecule has 0 radical (unpaired) electrons. The maximum atomic E-state index is 12.4. The van der Waals surface area contributed by atoms with Gasteiger partial charge in [0.1, 0.15) is 5.03 Å². The smallest absolute Gasteiger partial charge is 0.349 e. The van der Waals surface area contributed by atoms with Crippen LogP contribution in [-0.4, -0.2) is 35.5 Å². The fourth-order valence-electron chi connectivity index (χ4n) is 1.98. The molecular weight excluding hydrogens is 327 g/mol. The van der Waals surface area contributed by atoms with E-state index < -0.39 is 11.4 Å². The van der Waals surface area contributed by atoms with Gasteiger partial charge in [-0.2, -0.15) is 13.2 Å². The fraction of sp³-hybridized carbons (Fsp3) is 0.500. The van der Waals surface area contributed by atoms with Crippen LogP contribution in [0.1, 0.15) is 23.2 Å². The molecule has 1 aromatic rings. The molecule has 2 rings (SSSR count). The minimum absolute atomic E-state index is 0. The van der Waals surface area contributed by atoms with E-state index in [0.717, 1.165) is 25.9 Å². The highest BCUT2D eigenvalue weighted by atomic mass is 35.5. The Kier molecular flexibility index (Phi) is 6.76. The number of pyridine rings is 1. The number of carbonyl (C=O) groups excluding carboxylic acids is 1. The zero-order valence-corrected chi connectivity index (χ0v) is 12.6. The fourth-order valence-corrected chi connectivity index (χ4v) is 2.59. The van der Waals surface area contributed by atoms with Crippen molar-refractivity contribution in [2.45, 2.75) is 29.4 Å². The molecule has 1 aliphatic heterocycles. The SMILES string of the molecule is Cl.O=C(NC1CCNCC1)c1cccnc1SC(F)(F)F. The van der Waals surface area contributed by atoms with Gasteiger partial charge in [-0.1, -0.05) is 0 Å². The van der Waals surface area contributed by atoms with Crippen molar-refractivity contribution in [3.8, 4) is 0 Å². The zero-order valence-electron chi connectivity index (χ0n) is 10.9. The second-order valence-electron chi connectivity index (χ2n) is 4.40. The topological polar surface area (TPSA) is 54.0 Å². The van der Waals surface area contributed by atoms with E-state index in [-0.39, 0.29) is 40.8 Å². The van der Waals surface area contributed by atoms with Gasteiger partial charge in [0.15, 0.2) is 0 Å². The van der Waals surface area contributed by atoms with Gasteiger partial charge in [-0.15, -0.1) is 12.4 Å². The first-order chi connectivity index (χ1) is 9.46. The Labute approximate surface area is 130 Å². The van der Waals surface area contributed by atoms with Gasteiger partial charge < -0.3 is 10.6 Å². The Bertz CT molecular complexity index is 481. The first-order valence-corrected chi connectivity index (χ1v) is 7.00. The number of nitrogens with one attached hydrogen (secondary N) is 2. The molecule has 1 fully saturated rings. The lowest BCUT2D eigenvalue weighted by molar-refractivity contribution is -0.0329. The Morgan fingerprint density at radius 2 is 2.05 bits per heavy atom. The van der Waals surface area contributed by atoms with E-state index in [9.17, 15) is 18.0 Å². The van der Waals surface area contributed by atoms with Crippen LogP contribution >= 0.6 is 24.2 Å². The average Bonchev–Trinajstić information content (AvgIpc) is 2.38. The lowest BCUT2D eigenvalue weighted by Crippen LogP contribution is -2.42. The van der Waals surface area contributed by atoms with Crippen LogP contribution in [-0.2, 0) is 0 Å². The second-order valence-corrected chi connectivity index (χ2v) is 5.46. The highest BCUT2D eigenvalue weighted by Crippen LogP contribution is 2.37. The summed E-state index contributed by atoms with van der Waals surface area (Å²) < 4.78 is 37.3. The van der Waals surface area contributed by atoms with E-state index in [0.29, 0.717) is 0 Å². The van der Waals surface area contributed by atoms with Gasteiger partial charge >= 0.3 is 5.51 Å². The normalized spacial score (nSPS) is 16.1. The summed E-state index contributed by atoms with van der Waals surface area (Å²) >= 11 is -0.367. The second kappa shape index (κ2) is 7.86. The van der Waals surface area contributed by atoms with E-state index in [1.165, 1.54) is 18.3 Å². The van der Waals surface area contributed by atoms with E-state index in [4.69, 9.17) is 0 Å². The summed E-state index contributed by atoms with van der Waals surface area (Å²) in [4.78, 5) is 15.7. The third-order valence-corrected chi connectivity index (χ3v) is 3.65. The van der Waals surface area contributed by atoms with Gasteiger partial charge in [-0.3, -0.25) is 4.79 Å². The number of hydrogen-bond acceptors (Lipinski definition) is 4. The molecule has 0 saturated carbocycles. The van der Waals surface area contributed by atoms with Crippen molar-refractivity contribution in [3.05, 3.63) is 23.9 Å².